The molecule has 0 bridgehead atoms. The van der Waals surface area contributed by atoms with Gasteiger partial charge in [0.05, 0.1) is 10.6 Å². The van der Waals surface area contributed by atoms with Crippen molar-refractivity contribution in [2.24, 2.45) is 5.92 Å². The standard InChI is InChI=1S/C23H24BN5O2S/c24-17-14-26-29-21(12-18(27-22(17)29)16-4-1-2-5-19(16)30)25-13-15-7-9-28(10-8-15)23(31)20-6-3-11-32-20/h1-6,11-12,14-15,25,30H,7-10,13,24H2. The number of amides is 1. The fraction of sp³-hybridized carbons (Fsp3) is 0.261. The van der Waals surface area contributed by atoms with Crippen LogP contribution in [-0.2, 0) is 0 Å². The number of aromatic nitrogens is 3. The Bertz CT molecular complexity index is 1250. The van der Waals surface area contributed by atoms with Gasteiger partial charge in [-0.3, -0.25) is 4.79 Å². The summed E-state index contributed by atoms with van der Waals surface area (Å²) < 4.78 is 1.81. The first kappa shape index (κ1) is 20.6. The van der Waals surface area contributed by atoms with E-state index in [-0.39, 0.29) is 11.7 Å². The van der Waals surface area contributed by atoms with Gasteiger partial charge in [-0.25, -0.2) is 4.98 Å². The fourth-order valence-corrected chi connectivity index (χ4v) is 4.86. The number of carbonyl (C=O) groups excluding carboxylic acids is 1. The molecule has 7 nitrogen and oxygen atoms in total. The van der Waals surface area contributed by atoms with Crippen molar-refractivity contribution >= 4 is 42.0 Å². The van der Waals surface area contributed by atoms with Gasteiger partial charge in [-0.15, -0.1) is 11.3 Å². The molecular formula is C23H24BN5O2S. The van der Waals surface area contributed by atoms with Gasteiger partial charge >= 0.3 is 0 Å². The van der Waals surface area contributed by atoms with Crippen LogP contribution >= 0.6 is 11.3 Å². The number of nitrogens with zero attached hydrogens (tertiary/aromatic N) is 4. The topological polar surface area (TPSA) is 82.8 Å². The lowest BCUT2D eigenvalue weighted by Crippen LogP contribution is -2.39. The molecule has 3 aromatic heterocycles. The van der Waals surface area contributed by atoms with Gasteiger partial charge in [0, 0.05) is 37.5 Å². The van der Waals surface area contributed by atoms with Crippen LogP contribution in [-0.4, -0.2) is 58.0 Å². The lowest BCUT2D eigenvalue weighted by atomic mass is 9.96. The van der Waals surface area contributed by atoms with Gasteiger partial charge in [-0.05, 0) is 47.8 Å². The summed E-state index contributed by atoms with van der Waals surface area (Å²) in [5, 5.41) is 20.3. The van der Waals surface area contributed by atoms with E-state index in [1.807, 2.05) is 53.0 Å². The number of phenols is 1. The molecule has 0 radical (unpaired) electrons. The Labute approximate surface area is 191 Å². The van der Waals surface area contributed by atoms with Crippen LogP contribution < -0.4 is 10.8 Å². The first-order chi connectivity index (χ1) is 15.6. The van der Waals surface area contributed by atoms with E-state index in [0.717, 1.165) is 54.3 Å². The van der Waals surface area contributed by atoms with Crippen molar-refractivity contribution in [1.29, 1.82) is 0 Å². The number of fused-ring (bicyclic) bond motifs is 1. The molecule has 2 N–H and O–H groups in total. The van der Waals surface area contributed by atoms with Crippen LogP contribution in [0.3, 0.4) is 0 Å². The molecule has 1 aliphatic heterocycles. The predicted octanol–water partition coefficient (Wildman–Crippen LogP) is 2.39. The van der Waals surface area contributed by atoms with E-state index in [4.69, 9.17) is 4.98 Å². The molecule has 162 valence electrons. The van der Waals surface area contributed by atoms with Crippen molar-refractivity contribution in [1.82, 2.24) is 19.5 Å². The first-order valence-electron chi connectivity index (χ1n) is 10.8. The summed E-state index contributed by atoms with van der Waals surface area (Å²) in [6.45, 7) is 2.34. The van der Waals surface area contributed by atoms with E-state index in [9.17, 15) is 9.90 Å². The summed E-state index contributed by atoms with van der Waals surface area (Å²) in [7, 11) is 1.98. The minimum atomic E-state index is 0.140. The summed E-state index contributed by atoms with van der Waals surface area (Å²) >= 11 is 1.50. The van der Waals surface area contributed by atoms with Crippen molar-refractivity contribution in [2.75, 3.05) is 25.0 Å². The Hall–Kier alpha value is -3.33. The molecule has 0 atom stereocenters. The van der Waals surface area contributed by atoms with Crippen LogP contribution in [0.1, 0.15) is 22.5 Å². The van der Waals surface area contributed by atoms with Crippen molar-refractivity contribution in [3.8, 4) is 17.0 Å². The Morgan fingerprint density at radius 2 is 2.03 bits per heavy atom. The average Bonchev–Trinajstić information content (AvgIpc) is 3.48. The predicted molar refractivity (Wildman–Crippen MR) is 130 cm³/mol. The fourth-order valence-electron chi connectivity index (χ4n) is 4.17. The van der Waals surface area contributed by atoms with Crippen molar-refractivity contribution in [3.05, 3.63) is 58.9 Å². The largest absolute Gasteiger partial charge is 0.507 e. The molecule has 0 spiro atoms. The number of rotatable bonds is 5. The molecule has 1 amide bonds. The maximum Gasteiger partial charge on any atom is 0.263 e. The third-order valence-corrected chi connectivity index (χ3v) is 6.89. The van der Waals surface area contributed by atoms with E-state index < -0.39 is 0 Å². The van der Waals surface area contributed by atoms with Gasteiger partial charge in [-0.1, -0.05) is 18.2 Å². The quantitative estimate of drug-likeness (QED) is 0.461. The summed E-state index contributed by atoms with van der Waals surface area (Å²) in [5.74, 6) is 1.66. The maximum absolute atomic E-state index is 12.6. The molecule has 0 unspecified atom stereocenters. The van der Waals surface area contributed by atoms with E-state index in [0.29, 0.717) is 17.2 Å². The molecular weight excluding hydrogens is 421 g/mol. The van der Waals surface area contributed by atoms with Crippen LogP contribution in [0.5, 0.6) is 5.75 Å². The minimum Gasteiger partial charge on any atom is -0.507 e. The van der Waals surface area contributed by atoms with Crippen LogP contribution in [0.2, 0.25) is 0 Å². The monoisotopic (exact) mass is 445 g/mol. The Morgan fingerprint density at radius 3 is 2.78 bits per heavy atom. The maximum atomic E-state index is 12.6. The Morgan fingerprint density at radius 1 is 1.22 bits per heavy atom. The average molecular weight is 445 g/mol. The van der Waals surface area contributed by atoms with Crippen molar-refractivity contribution in [3.63, 3.8) is 0 Å². The third kappa shape index (κ3) is 3.96. The van der Waals surface area contributed by atoms with Gasteiger partial charge in [-0.2, -0.15) is 9.61 Å². The number of piperidine rings is 1. The minimum absolute atomic E-state index is 0.140. The number of phenolic OH excluding ortho intramolecular Hbond substituents is 1. The van der Waals surface area contributed by atoms with Crippen LogP contribution in [0, 0.1) is 5.92 Å². The normalized spacial score (nSPS) is 14.7. The van der Waals surface area contributed by atoms with Crippen molar-refractivity contribution < 1.29 is 9.90 Å². The smallest absolute Gasteiger partial charge is 0.263 e. The molecule has 1 aromatic carbocycles. The Balaban J connectivity index is 1.31. The second kappa shape index (κ2) is 8.66. The van der Waals surface area contributed by atoms with Crippen molar-refractivity contribution in [2.45, 2.75) is 12.8 Å². The number of thiophene rings is 1. The molecule has 9 heteroatoms. The lowest BCUT2D eigenvalue weighted by Gasteiger charge is -2.32. The van der Waals surface area contributed by atoms with Gasteiger partial charge in [0.2, 0.25) is 0 Å². The molecule has 0 aliphatic carbocycles. The van der Waals surface area contributed by atoms with Gasteiger partial charge in [0.15, 0.2) is 5.65 Å². The van der Waals surface area contributed by atoms with Gasteiger partial charge < -0.3 is 15.3 Å². The summed E-state index contributed by atoms with van der Waals surface area (Å²) in [6, 6.07) is 13.0. The molecule has 1 fully saturated rings. The summed E-state index contributed by atoms with van der Waals surface area (Å²) in [4.78, 5) is 20.1. The highest BCUT2D eigenvalue weighted by molar-refractivity contribution is 7.12. The number of aromatic hydroxyl groups is 1. The third-order valence-electron chi connectivity index (χ3n) is 6.03. The highest BCUT2D eigenvalue weighted by Crippen LogP contribution is 2.29. The number of nitrogens with one attached hydrogen (secondary N) is 1. The number of benzene rings is 1. The van der Waals surface area contributed by atoms with Crippen LogP contribution in [0.25, 0.3) is 16.9 Å². The second-order valence-corrected chi connectivity index (χ2v) is 9.15. The second-order valence-electron chi connectivity index (χ2n) is 8.20. The number of likely N-dealkylation sites (tertiary alicyclic amines) is 1. The zero-order valence-corrected chi connectivity index (χ0v) is 18.7. The summed E-state index contributed by atoms with van der Waals surface area (Å²) in [5.41, 5.74) is 3.15. The number of anilines is 1. The molecule has 4 heterocycles. The molecule has 4 aromatic rings. The summed E-state index contributed by atoms with van der Waals surface area (Å²) in [6.07, 6.45) is 3.72. The molecule has 32 heavy (non-hydrogen) atoms. The Kier molecular flexibility index (Phi) is 5.57. The molecule has 1 saturated heterocycles. The lowest BCUT2D eigenvalue weighted by molar-refractivity contribution is 0.0700. The first-order valence-corrected chi connectivity index (χ1v) is 11.7. The highest BCUT2D eigenvalue weighted by Gasteiger charge is 2.24. The van der Waals surface area contributed by atoms with Gasteiger partial charge in [0.1, 0.15) is 19.4 Å². The number of carbonyl (C=O) groups is 1. The SMILES string of the molecule is Bc1cnn2c(NCC3CCN(C(=O)c4cccs4)CC3)cc(-c3ccccc3O)nc12. The molecule has 1 aliphatic rings. The van der Waals surface area contributed by atoms with E-state index in [1.165, 1.54) is 11.3 Å². The van der Waals surface area contributed by atoms with E-state index >= 15 is 0 Å². The van der Waals surface area contributed by atoms with Crippen LogP contribution in [0.4, 0.5) is 5.82 Å². The zero-order valence-electron chi connectivity index (χ0n) is 17.9. The van der Waals surface area contributed by atoms with E-state index in [1.54, 1.807) is 18.3 Å². The molecule has 5 rings (SSSR count). The van der Waals surface area contributed by atoms with E-state index in [2.05, 4.69) is 10.4 Å². The number of hydrogen-bond donors (Lipinski definition) is 2. The number of para-hydroxylation sites is 1. The molecule has 0 saturated carbocycles. The highest BCUT2D eigenvalue weighted by atomic mass is 32.1. The van der Waals surface area contributed by atoms with Crippen LogP contribution in [0.15, 0.2) is 54.0 Å². The number of hydrogen-bond acceptors (Lipinski definition) is 6. The van der Waals surface area contributed by atoms with Gasteiger partial charge in [0.25, 0.3) is 5.91 Å². The zero-order chi connectivity index (χ0) is 22.1.